The van der Waals surface area contributed by atoms with E-state index in [2.05, 4.69) is 15.9 Å². The molecule has 2 rings (SSSR count). The minimum absolute atomic E-state index is 0.0838. The van der Waals surface area contributed by atoms with Crippen molar-refractivity contribution in [1.29, 1.82) is 0 Å². The van der Waals surface area contributed by atoms with Crippen LogP contribution < -0.4 is 4.74 Å². The molecule has 0 atom stereocenters. The van der Waals surface area contributed by atoms with E-state index in [1.165, 1.54) is 0 Å². The average molecular weight is 312 g/mol. The first-order chi connectivity index (χ1) is 8.76. The molecule has 1 aromatic rings. The van der Waals surface area contributed by atoms with Crippen LogP contribution in [0.1, 0.15) is 23.2 Å². The predicted molar refractivity (Wildman–Crippen MR) is 75.4 cm³/mol. The first-order valence-corrected chi connectivity index (χ1v) is 7.36. The Morgan fingerprint density at radius 3 is 2.67 bits per heavy atom. The van der Waals surface area contributed by atoms with Crippen LogP contribution in [0, 0.1) is 5.92 Å². The number of likely N-dealkylation sites (tertiary alicyclic amines) is 1. The van der Waals surface area contributed by atoms with Gasteiger partial charge < -0.3 is 9.64 Å². The molecule has 98 valence electrons. The molecular formula is C14H18BrNO2. The first kappa shape index (κ1) is 13.4. The van der Waals surface area contributed by atoms with Crippen LogP contribution in [0.3, 0.4) is 0 Å². The van der Waals surface area contributed by atoms with Gasteiger partial charge >= 0.3 is 0 Å². The van der Waals surface area contributed by atoms with Gasteiger partial charge in [-0.05, 0) is 30.9 Å². The highest BCUT2D eigenvalue weighted by Crippen LogP contribution is 2.24. The van der Waals surface area contributed by atoms with E-state index < -0.39 is 0 Å². The van der Waals surface area contributed by atoms with Crippen molar-refractivity contribution in [3.63, 3.8) is 0 Å². The SMILES string of the molecule is COc1ccccc1C(=O)N1CCC(CBr)CC1. The maximum absolute atomic E-state index is 12.4. The van der Waals surface area contributed by atoms with Crippen LogP contribution in [0.25, 0.3) is 0 Å². The third-order valence-corrected chi connectivity index (χ3v) is 4.37. The summed E-state index contributed by atoms with van der Waals surface area (Å²) >= 11 is 3.51. The van der Waals surface area contributed by atoms with Crippen LogP contribution in [0.4, 0.5) is 0 Å². The van der Waals surface area contributed by atoms with Gasteiger partial charge in [0, 0.05) is 18.4 Å². The largest absolute Gasteiger partial charge is 0.496 e. The number of amides is 1. The van der Waals surface area contributed by atoms with Crippen LogP contribution in [0.15, 0.2) is 24.3 Å². The van der Waals surface area contributed by atoms with E-state index in [0.29, 0.717) is 17.2 Å². The fourth-order valence-corrected chi connectivity index (χ4v) is 2.93. The van der Waals surface area contributed by atoms with Gasteiger partial charge in [0.15, 0.2) is 0 Å². The molecule has 1 amide bonds. The fraction of sp³-hybridized carbons (Fsp3) is 0.500. The summed E-state index contributed by atoms with van der Waals surface area (Å²) in [4.78, 5) is 14.3. The minimum atomic E-state index is 0.0838. The van der Waals surface area contributed by atoms with Crippen molar-refractivity contribution in [3.8, 4) is 5.75 Å². The summed E-state index contributed by atoms with van der Waals surface area (Å²) in [5.41, 5.74) is 0.664. The molecule has 1 aliphatic rings. The molecular weight excluding hydrogens is 294 g/mol. The molecule has 1 aliphatic heterocycles. The van der Waals surface area contributed by atoms with E-state index in [1.54, 1.807) is 7.11 Å². The maximum atomic E-state index is 12.4. The second-order valence-electron chi connectivity index (χ2n) is 4.59. The quantitative estimate of drug-likeness (QED) is 0.803. The number of hydrogen-bond acceptors (Lipinski definition) is 2. The smallest absolute Gasteiger partial charge is 0.257 e. The number of para-hydroxylation sites is 1. The number of rotatable bonds is 3. The van der Waals surface area contributed by atoms with E-state index >= 15 is 0 Å². The predicted octanol–water partition coefficient (Wildman–Crippen LogP) is 2.94. The van der Waals surface area contributed by atoms with Gasteiger partial charge in [0.2, 0.25) is 0 Å². The molecule has 3 nitrogen and oxygen atoms in total. The van der Waals surface area contributed by atoms with E-state index in [9.17, 15) is 4.79 Å². The lowest BCUT2D eigenvalue weighted by Gasteiger charge is -2.31. The molecule has 0 bridgehead atoms. The minimum Gasteiger partial charge on any atom is -0.496 e. The van der Waals surface area contributed by atoms with Gasteiger partial charge in [-0.25, -0.2) is 0 Å². The number of piperidine rings is 1. The Labute approximate surface area is 116 Å². The molecule has 1 heterocycles. The van der Waals surface area contributed by atoms with Crippen molar-refractivity contribution < 1.29 is 9.53 Å². The molecule has 1 fully saturated rings. The third-order valence-electron chi connectivity index (χ3n) is 3.46. The van der Waals surface area contributed by atoms with E-state index in [4.69, 9.17) is 4.74 Å². The van der Waals surface area contributed by atoms with Crippen molar-refractivity contribution in [2.75, 3.05) is 25.5 Å². The third kappa shape index (κ3) is 2.86. The van der Waals surface area contributed by atoms with Crippen molar-refractivity contribution in [2.24, 2.45) is 5.92 Å². The van der Waals surface area contributed by atoms with Crippen LogP contribution in [0.2, 0.25) is 0 Å². The van der Waals surface area contributed by atoms with Crippen molar-refractivity contribution in [3.05, 3.63) is 29.8 Å². The standard InChI is InChI=1S/C14H18BrNO2/c1-18-13-5-3-2-4-12(13)14(17)16-8-6-11(10-15)7-9-16/h2-5,11H,6-10H2,1H3. The molecule has 0 aliphatic carbocycles. The van der Waals surface area contributed by atoms with Crippen LogP contribution in [-0.2, 0) is 0 Å². The second kappa shape index (κ2) is 6.23. The Morgan fingerprint density at radius 1 is 1.39 bits per heavy atom. The first-order valence-electron chi connectivity index (χ1n) is 6.24. The Kier molecular flexibility index (Phi) is 4.64. The highest BCUT2D eigenvalue weighted by atomic mass is 79.9. The Bertz CT molecular complexity index is 414. The van der Waals surface area contributed by atoms with E-state index in [-0.39, 0.29) is 5.91 Å². The number of methoxy groups -OCH3 is 1. The monoisotopic (exact) mass is 311 g/mol. The van der Waals surface area contributed by atoms with Gasteiger partial charge in [-0.2, -0.15) is 0 Å². The summed E-state index contributed by atoms with van der Waals surface area (Å²) < 4.78 is 5.24. The maximum Gasteiger partial charge on any atom is 0.257 e. The zero-order valence-corrected chi connectivity index (χ0v) is 12.1. The lowest BCUT2D eigenvalue weighted by Crippen LogP contribution is -2.38. The molecule has 0 radical (unpaired) electrons. The molecule has 0 N–H and O–H groups in total. The zero-order chi connectivity index (χ0) is 13.0. The molecule has 1 aromatic carbocycles. The fourth-order valence-electron chi connectivity index (χ4n) is 2.28. The molecule has 0 spiro atoms. The lowest BCUT2D eigenvalue weighted by atomic mass is 9.98. The van der Waals surface area contributed by atoms with E-state index in [1.807, 2.05) is 29.2 Å². The number of carbonyl (C=O) groups excluding carboxylic acids is 1. The molecule has 0 saturated carbocycles. The van der Waals surface area contributed by atoms with Crippen LogP contribution in [-0.4, -0.2) is 36.3 Å². The highest BCUT2D eigenvalue weighted by Gasteiger charge is 2.24. The van der Waals surface area contributed by atoms with Gasteiger partial charge in [-0.3, -0.25) is 4.79 Å². The summed E-state index contributed by atoms with van der Waals surface area (Å²) in [6.45, 7) is 1.68. The Morgan fingerprint density at radius 2 is 2.06 bits per heavy atom. The number of alkyl halides is 1. The van der Waals surface area contributed by atoms with Crippen molar-refractivity contribution in [2.45, 2.75) is 12.8 Å². The summed E-state index contributed by atoms with van der Waals surface area (Å²) in [5, 5.41) is 1.03. The van der Waals surface area contributed by atoms with Crippen molar-refractivity contribution in [1.82, 2.24) is 4.90 Å². The Balaban J connectivity index is 2.08. The van der Waals surface area contributed by atoms with Gasteiger partial charge in [0.05, 0.1) is 12.7 Å². The molecule has 1 saturated heterocycles. The molecule has 18 heavy (non-hydrogen) atoms. The van der Waals surface area contributed by atoms with Crippen LogP contribution >= 0.6 is 15.9 Å². The zero-order valence-electron chi connectivity index (χ0n) is 10.6. The van der Waals surface area contributed by atoms with Crippen molar-refractivity contribution >= 4 is 21.8 Å². The average Bonchev–Trinajstić information content (AvgIpc) is 2.46. The molecule has 0 aromatic heterocycles. The van der Waals surface area contributed by atoms with Gasteiger partial charge in [-0.1, -0.05) is 28.1 Å². The molecule has 0 unspecified atom stereocenters. The number of ether oxygens (including phenoxy) is 1. The molecule has 4 heteroatoms. The number of halogens is 1. The highest BCUT2D eigenvalue weighted by molar-refractivity contribution is 9.09. The lowest BCUT2D eigenvalue weighted by molar-refractivity contribution is 0.0695. The number of benzene rings is 1. The summed E-state index contributed by atoms with van der Waals surface area (Å²) in [6.07, 6.45) is 2.15. The normalized spacial score (nSPS) is 16.7. The van der Waals surface area contributed by atoms with Gasteiger partial charge in [0.25, 0.3) is 5.91 Å². The van der Waals surface area contributed by atoms with E-state index in [0.717, 1.165) is 31.3 Å². The summed E-state index contributed by atoms with van der Waals surface area (Å²) in [6, 6.07) is 7.42. The van der Waals surface area contributed by atoms with Crippen LogP contribution in [0.5, 0.6) is 5.75 Å². The summed E-state index contributed by atoms with van der Waals surface area (Å²) in [7, 11) is 1.60. The topological polar surface area (TPSA) is 29.5 Å². The summed E-state index contributed by atoms with van der Waals surface area (Å²) in [5.74, 6) is 1.44. The number of carbonyl (C=O) groups is 1. The number of nitrogens with zero attached hydrogens (tertiary/aromatic N) is 1. The number of hydrogen-bond donors (Lipinski definition) is 0. The van der Waals surface area contributed by atoms with Gasteiger partial charge in [0.1, 0.15) is 5.75 Å². The second-order valence-corrected chi connectivity index (χ2v) is 5.24. The Hall–Kier alpha value is -1.03. The van der Waals surface area contributed by atoms with Gasteiger partial charge in [-0.15, -0.1) is 0 Å².